The second-order valence-corrected chi connectivity index (χ2v) is 6.08. The maximum atomic E-state index is 6.07. The highest BCUT2D eigenvalue weighted by molar-refractivity contribution is 6.30. The zero-order valence-electron chi connectivity index (χ0n) is 12.9. The third-order valence-corrected chi connectivity index (χ3v) is 4.27. The first kappa shape index (κ1) is 15.2. The molecule has 0 atom stereocenters. The summed E-state index contributed by atoms with van der Waals surface area (Å²) >= 11 is 6.07. The summed E-state index contributed by atoms with van der Waals surface area (Å²) in [5.41, 5.74) is 1.72. The van der Waals surface area contributed by atoms with E-state index in [9.17, 15) is 0 Å². The van der Waals surface area contributed by atoms with E-state index >= 15 is 0 Å². The lowest BCUT2D eigenvalue weighted by Crippen LogP contribution is -2.46. The first-order chi connectivity index (χ1) is 11.8. The van der Waals surface area contributed by atoms with Crippen LogP contribution in [-0.4, -0.2) is 46.4 Å². The monoisotopic (exact) mass is 345 g/mol. The molecule has 3 aromatic rings. The van der Waals surface area contributed by atoms with Crippen LogP contribution in [0.2, 0.25) is 5.02 Å². The van der Waals surface area contributed by atoms with E-state index in [0.29, 0.717) is 24.0 Å². The average Bonchev–Trinajstić information content (AvgIpc) is 3.27. The fourth-order valence-corrected chi connectivity index (χ4v) is 2.97. The second kappa shape index (κ2) is 6.62. The molecule has 0 bridgehead atoms. The van der Waals surface area contributed by atoms with Gasteiger partial charge in [-0.25, -0.2) is 0 Å². The summed E-state index contributed by atoms with van der Waals surface area (Å²) < 4.78 is 10.0. The van der Waals surface area contributed by atoms with Gasteiger partial charge in [0.15, 0.2) is 11.5 Å². The van der Waals surface area contributed by atoms with Crippen molar-refractivity contribution < 1.29 is 9.05 Å². The summed E-state index contributed by atoms with van der Waals surface area (Å²) in [6.45, 7) is 4.40. The van der Waals surface area contributed by atoms with Crippen molar-refractivity contribution in [1.29, 1.82) is 0 Å². The van der Waals surface area contributed by atoms with Crippen molar-refractivity contribution in [3.8, 4) is 11.6 Å². The van der Waals surface area contributed by atoms with Crippen LogP contribution in [0.1, 0.15) is 5.82 Å². The van der Waals surface area contributed by atoms with E-state index in [-0.39, 0.29) is 0 Å². The first-order valence-corrected chi connectivity index (χ1v) is 8.12. The summed E-state index contributed by atoms with van der Waals surface area (Å²) in [5.74, 6) is 1.04. The topological polar surface area (TPSA) is 71.4 Å². The molecule has 1 aliphatic heterocycles. The van der Waals surface area contributed by atoms with Crippen LogP contribution in [0.5, 0.6) is 0 Å². The predicted molar refractivity (Wildman–Crippen MR) is 88.7 cm³/mol. The molecule has 1 saturated heterocycles. The first-order valence-electron chi connectivity index (χ1n) is 7.74. The minimum atomic E-state index is 0.385. The number of benzene rings is 1. The van der Waals surface area contributed by atoms with Crippen LogP contribution >= 0.6 is 11.6 Å². The molecule has 7 nitrogen and oxygen atoms in total. The second-order valence-electron chi connectivity index (χ2n) is 5.64. The quantitative estimate of drug-likeness (QED) is 0.719. The molecular weight excluding hydrogens is 330 g/mol. The summed E-state index contributed by atoms with van der Waals surface area (Å²) in [6.07, 6.45) is 1.48. The van der Waals surface area contributed by atoms with Gasteiger partial charge in [0.1, 0.15) is 6.26 Å². The Hall–Kier alpha value is -2.38. The van der Waals surface area contributed by atoms with E-state index in [1.54, 1.807) is 6.07 Å². The minimum absolute atomic E-state index is 0.385. The third kappa shape index (κ3) is 3.27. The van der Waals surface area contributed by atoms with Gasteiger partial charge in [0.05, 0.1) is 6.54 Å². The highest BCUT2D eigenvalue weighted by Gasteiger charge is 2.20. The van der Waals surface area contributed by atoms with Crippen LogP contribution in [-0.2, 0) is 6.54 Å². The summed E-state index contributed by atoms with van der Waals surface area (Å²) in [6, 6.07) is 9.66. The molecule has 4 rings (SSSR count). The van der Waals surface area contributed by atoms with Gasteiger partial charge >= 0.3 is 0 Å². The van der Waals surface area contributed by atoms with Crippen LogP contribution in [0.4, 0.5) is 5.69 Å². The largest absolute Gasteiger partial charge is 0.369 e. The van der Waals surface area contributed by atoms with E-state index in [1.165, 1.54) is 6.26 Å². The number of rotatable bonds is 4. The molecule has 0 radical (unpaired) electrons. The van der Waals surface area contributed by atoms with E-state index < -0.39 is 0 Å². The molecule has 0 spiro atoms. The number of piperazine rings is 1. The van der Waals surface area contributed by atoms with Crippen molar-refractivity contribution in [2.24, 2.45) is 0 Å². The highest BCUT2D eigenvalue weighted by atomic mass is 35.5. The Bertz CT molecular complexity index is 796. The lowest BCUT2D eigenvalue weighted by Gasteiger charge is -2.35. The Kier molecular flexibility index (Phi) is 4.18. The Morgan fingerprint density at radius 2 is 1.96 bits per heavy atom. The number of hydrogen-bond acceptors (Lipinski definition) is 7. The Labute approximate surface area is 143 Å². The Morgan fingerprint density at radius 1 is 1.08 bits per heavy atom. The SMILES string of the molecule is Clc1cccc(N2CCN(Cc3noc(-c4ccon4)n3)CC2)c1. The molecule has 1 fully saturated rings. The van der Waals surface area contributed by atoms with Crippen LogP contribution in [0.15, 0.2) is 45.6 Å². The molecule has 0 saturated carbocycles. The predicted octanol–water partition coefficient (Wildman–Crippen LogP) is 2.70. The molecule has 3 heterocycles. The molecule has 0 amide bonds. The van der Waals surface area contributed by atoms with Gasteiger partial charge in [0, 0.05) is 43.0 Å². The molecule has 124 valence electrons. The summed E-state index contributed by atoms with van der Waals surface area (Å²) in [5, 5.41) is 8.58. The summed E-state index contributed by atoms with van der Waals surface area (Å²) in [7, 11) is 0. The van der Waals surface area contributed by atoms with Crippen molar-refractivity contribution in [3.05, 3.63) is 47.4 Å². The Balaban J connectivity index is 1.35. The van der Waals surface area contributed by atoms with E-state index in [4.69, 9.17) is 20.6 Å². The fraction of sp³-hybridized carbons (Fsp3) is 0.312. The van der Waals surface area contributed by atoms with Gasteiger partial charge in [0.2, 0.25) is 0 Å². The summed E-state index contributed by atoms with van der Waals surface area (Å²) in [4.78, 5) is 9.00. The van der Waals surface area contributed by atoms with Gasteiger partial charge in [-0.15, -0.1) is 0 Å². The van der Waals surface area contributed by atoms with Crippen LogP contribution in [0, 0.1) is 0 Å². The number of anilines is 1. The van der Waals surface area contributed by atoms with Crippen LogP contribution < -0.4 is 4.90 Å². The van der Waals surface area contributed by atoms with Crippen molar-refractivity contribution in [2.45, 2.75) is 6.54 Å². The van der Waals surface area contributed by atoms with E-state index in [1.807, 2.05) is 18.2 Å². The molecule has 1 aliphatic rings. The number of hydrogen-bond donors (Lipinski definition) is 0. The molecule has 24 heavy (non-hydrogen) atoms. The molecule has 8 heteroatoms. The molecule has 0 unspecified atom stereocenters. The maximum absolute atomic E-state index is 6.07. The fourth-order valence-electron chi connectivity index (χ4n) is 2.78. The molecule has 0 aliphatic carbocycles. The van der Waals surface area contributed by atoms with E-state index in [0.717, 1.165) is 36.9 Å². The van der Waals surface area contributed by atoms with Crippen LogP contribution in [0.3, 0.4) is 0 Å². The van der Waals surface area contributed by atoms with Gasteiger partial charge in [0.25, 0.3) is 5.89 Å². The van der Waals surface area contributed by atoms with Gasteiger partial charge in [-0.3, -0.25) is 4.90 Å². The number of halogens is 1. The zero-order chi connectivity index (χ0) is 16.4. The highest BCUT2D eigenvalue weighted by Crippen LogP contribution is 2.21. The van der Waals surface area contributed by atoms with Crippen molar-refractivity contribution in [3.63, 3.8) is 0 Å². The van der Waals surface area contributed by atoms with Crippen molar-refractivity contribution in [1.82, 2.24) is 20.2 Å². The normalized spacial score (nSPS) is 15.8. The van der Waals surface area contributed by atoms with Crippen molar-refractivity contribution >= 4 is 17.3 Å². The van der Waals surface area contributed by atoms with Crippen LogP contribution in [0.25, 0.3) is 11.6 Å². The van der Waals surface area contributed by atoms with E-state index in [2.05, 4.69) is 31.2 Å². The molecule has 0 N–H and O–H groups in total. The minimum Gasteiger partial charge on any atom is -0.369 e. The molecular formula is C16H16ClN5O2. The Morgan fingerprint density at radius 3 is 2.71 bits per heavy atom. The molecule has 1 aromatic carbocycles. The molecule has 2 aromatic heterocycles. The number of nitrogens with zero attached hydrogens (tertiary/aromatic N) is 5. The zero-order valence-corrected chi connectivity index (χ0v) is 13.7. The lowest BCUT2D eigenvalue weighted by atomic mass is 10.2. The lowest BCUT2D eigenvalue weighted by molar-refractivity contribution is 0.240. The number of aromatic nitrogens is 3. The van der Waals surface area contributed by atoms with Crippen molar-refractivity contribution in [2.75, 3.05) is 31.1 Å². The van der Waals surface area contributed by atoms with Gasteiger partial charge in [-0.05, 0) is 18.2 Å². The van der Waals surface area contributed by atoms with Gasteiger partial charge < -0.3 is 13.9 Å². The average molecular weight is 346 g/mol. The third-order valence-electron chi connectivity index (χ3n) is 4.04. The van der Waals surface area contributed by atoms with Gasteiger partial charge in [-0.2, -0.15) is 4.98 Å². The van der Waals surface area contributed by atoms with Gasteiger partial charge in [-0.1, -0.05) is 28.0 Å². The maximum Gasteiger partial charge on any atom is 0.280 e. The standard InChI is InChI=1S/C16H16ClN5O2/c17-12-2-1-3-13(10-12)22-7-5-21(6-8-22)11-15-18-16(24-20-15)14-4-9-23-19-14/h1-4,9-10H,5-8,11H2. The smallest absolute Gasteiger partial charge is 0.280 e.